The summed E-state index contributed by atoms with van der Waals surface area (Å²) in [4.78, 5) is 14.5. The molecule has 0 radical (unpaired) electrons. The van der Waals surface area contributed by atoms with E-state index in [0.29, 0.717) is 5.69 Å². The van der Waals surface area contributed by atoms with E-state index in [2.05, 4.69) is 44.1 Å². The largest absolute Gasteiger partial charge is 0.506 e. The first kappa shape index (κ1) is 16.8. The predicted molar refractivity (Wildman–Crippen MR) is 105 cm³/mol. The van der Waals surface area contributed by atoms with Crippen LogP contribution < -0.4 is 0 Å². The van der Waals surface area contributed by atoms with Crippen LogP contribution in [0.1, 0.15) is 29.1 Å². The molecule has 0 spiro atoms. The molecule has 1 aromatic carbocycles. The normalized spacial score (nSPS) is 15.0. The number of aromatic nitrogens is 2. The lowest BCUT2D eigenvalue weighted by Gasteiger charge is -2.26. The van der Waals surface area contributed by atoms with Crippen molar-refractivity contribution in [2.75, 3.05) is 20.1 Å². The third-order valence-corrected chi connectivity index (χ3v) is 5.08. The van der Waals surface area contributed by atoms with E-state index in [1.807, 2.05) is 6.07 Å². The number of hydrogen-bond acceptors (Lipinski definition) is 4. The molecule has 2 aromatic heterocycles. The number of aliphatic imine (C=N–C) groups is 1. The zero-order chi connectivity index (χ0) is 17.9. The molecule has 3 heterocycles. The monoisotopic (exact) mass is 348 g/mol. The van der Waals surface area contributed by atoms with Crippen LogP contribution in [0.15, 0.2) is 41.4 Å². The van der Waals surface area contributed by atoms with Crippen molar-refractivity contribution in [3.63, 3.8) is 0 Å². The van der Waals surface area contributed by atoms with Gasteiger partial charge in [0.25, 0.3) is 0 Å². The molecule has 0 unspecified atom stereocenters. The molecule has 5 nitrogen and oxygen atoms in total. The van der Waals surface area contributed by atoms with Gasteiger partial charge in [0, 0.05) is 42.4 Å². The van der Waals surface area contributed by atoms with Gasteiger partial charge in [-0.05, 0) is 49.6 Å². The second kappa shape index (κ2) is 7.30. The number of rotatable bonds is 5. The number of aryl methyl sites for hydroxylation is 1. The summed E-state index contributed by atoms with van der Waals surface area (Å²) >= 11 is 0. The summed E-state index contributed by atoms with van der Waals surface area (Å²) in [5.74, 6) is 0.182. The van der Waals surface area contributed by atoms with Crippen molar-refractivity contribution < 1.29 is 5.11 Å². The van der Waals surface area contributed by atoms with E-state index in [9.17, 15) is 5.11 Å². The molecule has 26 heavy (non-hydrogen) atoms. The lowest BCUT2D eigenvalue weighted by molar-refractivity contribution is 0.249. The minimum Gasteiger partial charge on any atom is -0.506 e. The predicted octanol–water partition coefficient (Wildman–Crippen LogP) is 3.31. The van der Waals surface area contributed by atoms with Gasteiger partial charge in [0.1, 0.15) is 11.4 Å². The number of aromatic amines is 1. The molecular formula is C21H24N4O. The quantitative estimate of drug-likeness (QED) is 0.695. The molecule has 1 aliphatic rings. The fourth-order valence-corrected chi connectivity index (χ4v) is 3.79. The summed E-state index contributed by atoms with van der Waals surface area (Å²) in [5, 5.41) is 11.2. The van der Waals surface area contributed by atoms with E-state index in [-0.39, 0.29) is 5.75 Å². The summed E-state index contributed by atoms with van der Waals surface area (Å²) in [6, 6.07) is 12.2. The highest BCUT2D eigenvalue weighted by Crippen LogP contribution is 2.27. The molecule has 134 valence electrons. The Labute approximate surface area is 153 Å². The van der Waals surface area contributed by atoms with Gasteiger partial charge in [-0.2, -0.15) is 0 Å². The number of fused-ring (bicyclic) bond motifs is 3. The van der Waals surface area contributed by atoms with Crippen molar-refractivity contribution in [1.82, 2.24) is 14.9 Å². The first-order chi connectivity index (χ1) is 12.7. The van der Waals surface area contributed by atoms with Crippen LogP contribution in [0.2, 0.25) is 0 Å². The van der Waals surface area contributed by atoms with Crippen molar-refractivity contribution in [2.24, 2.45) is 4.99 Å². The average Bonchev–Trinajstić information content (AvgIpc) is 3.02. The van der Waals surface area contributed by atoms with Crippen molar-refractivity contribution in [3.05, 3.63) is 59.0 Å². The van der Waals surface area contributed by atoms with Gasteiger partial charge in [-0.15, -0.1) is 0 Å². The van der Waals surface area contributed by atoms with E-state index < -0.39 is 0 Å². The fourth-order valence-electron chi connectivity index (χ4n) is 3.79. The van der Waals surface area contributed by atoms with Gasteiger partial charge in [0.15, 0.2) is 0 Å². The molecule has 1 aliphatic heterocycles. The number of nitrogens with one attached hydrogen (secondary N) is 1. The maximum absolute atomic E-state index is 9.78. The molecule has 3 aromatic rings. The van der Waals surface area contributed by atoms with E-state index in [0.717, 1.165) is 44.6 Å². The number of para-hydroxylation sites is 1. The minimum absolute atomic E-state index is 0.182. The van der Waals surface area contributed by atoms with Crippen LogP contribution in [0.5, 0.6) is 5.75 Å². The van der Waals surface area contributed by atoms with Crippen molar-refractivity contribution in [2.45, 2.75) is 25.8 Å². The Morgan fingerprint density at radius 3 is 3.04 bits per heavy atom. The zero-order valence-corrected chi connectivity index (χ0v) is 15.1. The topological polar surface area (TPSA) is 64.5 Å². The van der Waals surface area contributed by atoms with Gasteiger partial charge in [-0.1, -0.05) is 18.2 Å². The number of aromatic hydroxyl groups is 1. The van der Waals surface area contributed by atoms with Crippen LogP contribution in [0.4, 0.5) is 0 Å². The third kappa shape index (κ3) is 3.35. The molecular weight excluding hydrogens is 324 g/mol. The highest BCUT2D eigenvalue weighted by Gasteiger charge is 2.19. The van der Waals surface area contributed by atoms with Gasteiger partial charge < -0.3 is 10.1 Å². The fraction of sp³-hybridized carbons (Fsp3) is 0.333. The molecule has 0 atom stereocenters. The molecule has 4 rings (SSSR count). The van der Waals surface area contributed by atoms with Crippen LogP contribution in [0.25, 0.3) is 10.9 Å². The lowest BCUT2D eigenvalue weighted by Crippen LogP contribution is -2.31. The number of hydrogen-bond donors (Lipinski definition) is 2. The highest BCUT2D eigenvalue weighted by molar-refractivity contribution is 5.84. The maximum Gasteiger partial charge on any atom is 0.142 e. The number of nitrogens with zero attached hydrogens (tertiary/aromatic N) is 3. The van der Waals surface area contributed by atoms with Crippen molar-refractivity contribution in [1.29, 1.82) is 0 Å². The Bertz CT molecular complexity index is 944. The minimum atomic E-state index is 0.182. The van der Waals surface area contributed by atoms with Crippen molar-refractivity contribution in [3.8, 4) is 5.75 Å². The Kier molecular flexibility index (Phi) is 4.71. The molecule has 5 heteroatoms. The third-order valence-electron chi connectivity index (χ3n) is 5.08. The SMILES string of the molecule is CN=Cc1nc(CCCN2CCc3c([nH]c4ccccc34)C2)ccc1O. The van der Waals surface area contributed by atoms with Gasteiger partial charge in [-0.3, -0.25) is 9.89 Å². The standard InChI is InChI=1S/C21H24N4O/c1-22-13-19-21(26)9-8-15(23-19)5-4-11-25-12-10-17-16-6-2-3-7-18(16)24-20(17)14-25/h2-3,6-9,13,24,26H,4-5,10-12,14H2,1H3. The smallest absolute Gasteiger partial charge is 0.142 e. The highest BCUT2D eigenvalue weighted by atomic mass is 16.3. The first-order valence-corrected chi connectivity index (χ1v) is 9.16. The molecule has 0 saturated heterocycles. The summed E-state index contributed by atoms with van der Waals surface area (Å²) in [7, 11) is 1.68. The second-order valence-electron chi connectivity index (χ2n) is 6.85. The van der Waals surface area contributed by atoms with E-state index in [1.54, 1.807) is 19.3 Å². The van der Waals surface area contributed by atoms with E-state index in [1.165, 1.54) is 22.2 Å². The molecule has 0 amide bonds. The number of pyridine rings is 1. The summed E-state index contributed by atoms with van der Waals surface area (Å²) in [5.41, 5.74) is 5.65. The number of H-pyrrole nitrogens is 1. The van der Waals surface area contributed by atoms with Gasteiger partial charge in [0.05, 0.1) is 6.21 Å². The van der Waals surface area contributed by atoms with Crippen LogP contribution in [-0.2, 0) is 19.4 Å². The zero-order valence-electron chi connectivity index (χ0n) is 15.1. The summed E-state index contributed by atoms with van der Waals surface area (Å²) in [6.07, 6.45) is 4.66. The van der Waals surface area contributed by atoms with Crippen molar-refractivity contribution >= 4 is 17.1 Å². The molecule has 2 N–H and O–H groups in total. The summed E-state index contributed by atoms with van der Waals surface area (Å²) < 4.78 is 0. The van der Waals surface area contributed by atoms with Crippen LogP contribution >= 0.6 is 0 Å². The maximum atomic E-state index is 9.78. The number of benzene rings is 1. The average molecular weight is 348 g/mol. The first-order valence-electron chi connectivity index (χ1n) is 9.16. The Balaban J connectivity index is 1.37. The van der Waals surface area contributed by atoms with E-state index in [4.69, 9.17) is 0 Å². The van der Waals surface area contributed by atoms with Gasteiger partial charge >= 0.3 is 0 Å². The Morgan fingerprint density at radius 2 is 2.15 bits per heavy atom. The Hall–Kier alpha value is -2.66. The van der Waals surface area contributed by atoms with Gasteiger partial charge in [-0.25, -0.2) is 4.98 Å². The molecule has 0 aliphatic carbocycles. The lowest BCUT2D eigenvalue weighted by atomic mass is 10.0. The van der Waals surface area contributed by atoms with Crippen LogP contribution in [0.3, 0.4) is 0 Å². The molecule has 0 saturated carbocycles. The van der Waals surface area contributed by atoms with E-state index >= 15 is 0 Å². The summed E-state index contributed by atoms with van der Waals surface area (Å²) in [6.45, 7) is 3.14. The second-order valence-corrected chi connectivity index (χ2v) is 6.85. The molecule has 0 fully saturated rings. The molecule has 0 bridgehead atoms. The Morgan fingerprint density at radius 1 is 1.27 bits per heavy atom. The van der Waals surface area contributed by atoms with Crippen LogP contribution in [0, 0.1) is 0 Å². The van der Waals surface area contributed by atoms with Crippen LogP contribution in [-0.4, -0.2) is 46.3 Å². The van der Waals surface area contributed by atoms with Gasteiger partial charge in [0.2, 0.25) is 0 Å².